The van der Waals surface area contributed by atoms with E-state index < -0.39 is 0 Å². The van der Waals surface area contributed by atoms with Crippen molar-refractivity contribution in [1.82, 2.24) is 19.8 Å². The van der Waals surface area contributed by atoms with E-state index in [2.05, 4.69) is 32.1 Å². The highest BCUT2D eigenvalue weighted by atomic mass is 15.2. The van der Waals surface area contributed by atoms with Crippen LogP contribution >= 0.6 is 0 Å². The van der Waals surface area contributed by atoms with E-state index in [1.807, 2.05) is 20.0 Å². The molecule has 5 heteroatoms. The van der Waals surface area contributed by atoms with Gasteiger partial charge in [0.1, 0.15) is 5.82 Å². The molecule has 0 spiro atoms. The summed E-state index contributed by atoms with van der Waals surface area (Å²) in [6.07, 6.45) is 1.81. The van der Waals surface area contributed by atoms with Crippen LogP contribution in [0.1, 0.15) is 11.4 Å². The molecule has 1 saturated heterocycles. The molecule has 1 aromatic rings. The number of piperazine rings is 1. The van der Waals surface area contributed by atoms with Crippen LogP contribution in [0.2, 0.25) is 0 Å². The van der Waals surface area contributed by atoms with Crippen molar-refractivity contribution in [3.63, 3.8) is 0 Å². The van der Waals surface area contributed by atoms with Crippen LogP contribution in [0.25, 0.3) is 0 Å². The molecule has 0 aliphatic carbocycles. The van der Waals surface area contributed by atoms with E-state index in [0.717, 1.165) is 43.4 Å². The Morgan fingerprint density at radius 1 is 1.17 bits per heavy atom. The van der Waals surface area contributed by atoms with Crippen LogP contribution in [0, 0.1) is 13.8 Å². The third-order valence-corrected chi connectivity index (χ3v) is 3.52. The van der Waals surface area contributed by atoms with Gasteiger partial charge in [0, 0.05) is 39.3 Å². The predicted molar refractivity (Wildman–Crippen MR) is 73.9 cm³/mol. The molecule has 0 aromatic carbocycles. The normalized spacial score (nSPS) is 17.9. The minimum atomic E-state index is 0.882. The first-order chi connectivity index (χ1) is 8.65. The number of nitrogens with one attached hydrogen (secondary N) is 1. The molecule has 2 heterocycles. The molecule has 0 unspecified atom stereocenters. The van der Waals surface area contributed by atoms with Crippen molar-refractivity contribution in [1.29, 1.82) is 0 Å². The Bertz CT molecular complexity index is 385. The van der Waals surface area contributed by atoms with Crippen molar-refractivity contribution in [3.8, 4) is 0 Å². The highest BCUT2D eigenvalue weighted by Crippen LogP contribution is 2.05. The van der Waals surface area contributed by atoms with Crippen molar-refractivity contribution < 1.29 is 0 Å². The molecule has 1 aliphatic heterocycles. The summed E-state index contributed by atoms with van der Waals surface area (Å²) in [5.74, 6) is 0.882. The fourth-order valence-electron chi connectivity index (χ4n) is 2.04. The van der Waals surface area contributed by atoms with Crippen molar-refractivity contribution in [3.05, 3.63) is 17.6 Å². The standard InChI is InChI=1S/C13H23N5/c1-11-12(2)16-13(10-15-11)14-4-5-18-8-6-17(3)7-9-18/h10H,4-9H2,1-3H3,(H,14,16). The summed E-state index contributed by atoms with van der Waals surface area (Å²) in [4.78, 5) is 13.6. The summed E-state index contributed by atoms with van der Waals surface area (Å²) < 4.78 is 0. The van der Waals surface area contributed by atoms with Crippen molar-refractivity contribution in [2.75, 3.05) is 51.6 Å². The molecule has 2 rings (SSSR count). The highest BCUT2D eigenvalue weighted by Gasteiger charge is 2.12. The van der Waals surface area contributed by atoms with Gasteiger partial charge in [0.25, 0.3) is 0 Å². The molecule has 1 aliphatic rings. The first-order valence-electron chi connectivity index (χ1n) is 6.60. The average Bonchev–Trinajstić information content (AvgIpc) is 2.36. The molecule has 5 nitrogen and oxygen atoms in total. The van der Waals surface area contributed by atoms with Gasteiger partial charge in [-0.2, -0.15) is 0 Å². The predicted octanol–water partition coefficient (Wildman–Crippen LogP) is 0.753. The van der Waals surface area contributed by atoms with Crippen molar-refractivity contribution in [2.24, 2.45) is 0 Å². The maximum atomic E-state index is 4.47. The lowest BCUT2D eigenvalue weighted by Gasteiger charge is -2.32. The van der Waals surface area contributed by atoms with E-state index in [1.165, 1.54) is 13.1 Å². The number of aryl methyl sites for hydroxylation is 2. The Morgan fingerprint density at radius 3 is 2.56 bits per heavy atom. The summed E-state index contributed by atoms with van der Waals surface area (Å²) in [6.45, 7) is 10.6. The van der Waals surface area contributed by atoms with Crippen LogP contribution in [-0.2, 0) is 0 Å². The van der Waals surface area contributed by atoms with Crippen LogP contribution in [-0.4, -0.2) is 66.1 Å². The molecule has 1 fully saturated rings. The molecular formula is C13H23N5. The molecule has 1 N–H and O–H groups in total. The van der Waals surface area contributed by atoms with Gasteiger partial charge in [0.2, 0.25) is 0 Å². The van der Waals surface area contributed by atoms with Gasteiger partial charge in [0.15, 0.2) is 0 Å². The second kappa shape index (κ2) is 6.11. The van der Waals surface area contributed by atoms with E-state index in [1.54, 1.807) is 0 Å². The highest BCUT2D eigenvalue weighted by molar-refractivity contribution is 5.33. The van der Waals surface area contributed by atoms with Gasteiger partial charge < -0.3 is 10.2 Å². The molecule has 100 valence electrons. The number of nitrogens with zero attached hydrogens (tertiary/aromatic N) is 4. The Hall–Kier alpha value is -1.20. The summed E-state index contributed by atoms with van der Waals surface area (Å²) in [6, 6.07) is 0. The zero-order valence-corrected chi connectivity index (χ0v) is 11.6. The second-order valence-electron chi connectivity index (χ2n) is 5.00. The summed E-state index contributed by atoms with van der Waals surface area (Å²) >= 11 is 0. The van der Waals surface area contributed by atoms with Crippen molar-refractivity contribution in [2.45, 2.75) is 13.8 Å². The van der Waals surface area contributed by atoms with E-state index in [0.29, 0.717) is 0 Å². The number of hydrogen-bond donors (Lipinski definition) is 1. The van der Waals surface area contributed by atoms with Gasteiger partial charge in [-0.05, 0) is 20.9 Å². The minimum Gasteiger partial charge on any atom is -0.368 e. The largest absolute Gasteiger partial charge is 0.368 e. The molecule has 0 bridgehead atoms. The van der Waals surface area contributed by atoms with Crippen LogP contribution in [0.3, 0.4) is 0 Å². The third kappa shape index (κ3) is 3.65. The van der Waals surface area contributed by atoms with Crippen LogP contribution < -0.4 is 5.32 Å². The summed E-state index contributed by atoms with van der Waals surface area (Å²) in [5, 5.41) is 3.34. The summed E-state index contributed by atoms with van der Waals surface area (Å²) in [5.41, 5.74) is 2.00. The van der Waals surface area contributed by atoms with Gasteiger partial charge in [-0.25, -0.2) is 4.98 Å². The molecule has 0 atom stereocenters. The molecule has 0 radical (unpaired) electrons. The van der Waals surface area contributed by atoms with Gasteiger partial charge in [0.05, 0.1) is 17.6 Å². The fourth-order valence-corrected chi connectivity index (χ4v) is 2.04. The van der Waals surface area contributed by atoms with Gasteiger partial charge in [-0.15, -0.1) is 0 Å². The van der Waals surface area contributed by atoms with Gasteiger partial charge in [-0.1, -0.05) is 0 Å². The topological polar surface area (TPSA) is 44.3 Å². The van der Waals surface area contributed by atoms with E-state index in [9.17, 15) is 0 Å². The lowest BCUT2D eigenvalue weighted by Crippen LogP contribution is -2.45. The maximum absolute atomic E-state index is 4.47. The number of rotatable bonds is 4. The molecular weight excluding hydrogens is 226 g/mol. The van der Waals surface area contributed by atoms with Crippen LogP contribution in [0.5, 0.6) is 0 Å². The molecule has 0 amide bonds. The van der Waals surface area contributed by atoms with Crippen LogP contribution in [0.15, 0.2) is 6.20 Å². The first-order valence-corrected chi connectivity index (χ1v) is 6.60. The van der Waals surface area contributed by atoms with Crippen molar-refractivity contribution >= 4 is 5.82 Å². The molecule has 1 aromatic heterocycles. The lowest BCUT2D eigenvalue weighted by atomic mass is 10.3. The Morgan fingerprint density at radius 2 is 1.89 bits per heavy atom. The minimum absolute atomic E-state index is 0.882. The van der Waals surface area contributed by atoms with Crippen LogP contribution in [0.4, 0.5) is 5.82 Å². The number of aromatic nitrogens is 2. The summed E-state index contributed by atoms with van der Waals surface area (Å²) in [7, 11) is 2.18. The zero-order valence-electron chi connectivity index (χ0n) is 11.6. The van der Waals surface area contributed by atoms with E-state index in [-0.39, 0.29) is 0 Å². The smallest absolute Gasteiger partial charge is 0.144 e. The monoisotopic (exact) mass is 249 g/mol. The molecule has 18 heavy (non-hydrogen) atoms. The Labute approximate surface area is 109 Å². The van der Waals surface area contributed by atoms with E-state index >= 15 is 0 Å². The second-order valence-corrected chi connectivity index (χ2v) is 5.00. The zero-order chi connectivity index (χ0) is 13.0. The van der Waals surface area contributed by atoms with Gasteiger partial charge in [-0.3, -0.25) is 9.88 Å². The molecule has 0 saturated carbocycles. The fraction of sp³-hybridized carbons (Fsp3) is 0.692. The third-order valence-electron chi connectivity index (χ3n) is 3.52. The Kier molecular flexibility index (Phi) is 4.49. The van der Waals surface area contributed by atoms with Gasteiger partial charge >= 0.3 is 0 Å². The SMILES string of the molecule is Cc1ncc(NCCN2CCN(C)CC2)nc1C. The average molecular weight is 249 g/mol. The maximum Gasteiger partial charge on any atom is 0.144 e. The first kappa shape index (κ1) is 13.2. The number of anilines is 1. The van der Waals surface area contributed by atoms with E-state index in [4.69, 9.17) is 0 Å². The number of likely N-dealkylation sites (N-methyl/N-ethyl adjacent to an activating group) is 1. The number of hydrogen-bond acceptors (Lipinski definition) is 5. The Balaban J connectivity index is 1.73. The lowest BCUT2D eigenvalue weighted by molar-refractivity contribution is 0.158. The quantitative estimate of drug-likeness (QED) is 0.853.